The van der Waals surface area contributed by atoms with Gasteiger partial charge in [-0.15, -0.1) is 0 Å². The molecule has 0 spiro atoms. The van der Waals surface area contributed by atoms with Gasteiger partial charge >= 0.3 is 12.0 Å². The number of rotatable bonds is 5. The Labute approximate surface area is 135 Å². The first-order valence-corrected chi connectivity index (χ1v) is 7.30. The maximum Gasteiger partial charge on any atom is 0.323 e. The average molecular weight is 315 g/mol. The van der Waals surface area contributed by atoms with Crippen molar-refractivity contribution in [2.24, 2.45) is 0 Å². The van der Waals surface area contributed by atoms with E-state index in [1.807, 2.05) is 32.0 Å². The lowest BCUT2D eigenvalue weighted by atomic mass is 9.85. The zero-order valence-electron chi connectivity index (χ0n) is 13.5. The van der Waals surface area contributed by atoms with Crippen molar-refractivity contribution in [2.75, 3.05) is 17.7 Å². The normalized spacial score (nSPS) is 10.9. The number of carbonyl (C=O) groups is 2. The van der Waals surface area contributed by atoms with E-state index in [1.54, 1.807) is 24.4 Å². The highest BCUT2D eigenvalue weighted by Crippen LogP contribution is 2.32. The van der Waals surface area contributed by atoms with Crippen molar-refractivity contribution >= 4 is 23.4 Å². The van der Waals surface area contributed by atoms with Crippen LogP contribution in [0.5, 0.6) is 0 Å². The van der Waals surface area contributed by atoms with E-state index in [4.69, 9.17) is 4.74 Å². The minimum absolute atomic E-state index is 0.207. The number of aromatic nitrogens is 1. The van der Waals surface area contributed by atoms with E-state index in [9.17, 15) is 9.59 Å². The fraction of sp³-hybridized carbons (Fsp3) is 0.294. The fourth-order valence-corrected chi connectivity index (χ4v) is 2.36. The molecule has 6 heteroatoms. The van der Waals surface area contributed by atoms with Gasteiger partial charge in [0.2, 0.25) is 0 Å². The molecule has 0 aliphatic carbocycles. The molecular weight excluding hydrogens is 294 g/mol. The Kier molecular flexibility index (Phi) is 5.05. The number of carbonyl (C=O) groups excluding carboxylic acids is 2. The number of nitrogens with one attached hydrogen (secondary N) is 3. The number of para-hydroxylation sites is 1. The van der Waals surface area contributed by atoms with Crippen molar-refractivity contribution < 1.29 is 14.3 Å². The molecule has 1 aromatic carbocycles. The summed E-state index contributed by atoms with van der Waals surface area (Å²) in [4.78, 5) is 26.8. The molecule has 0 radical (unpaired) electrons. The lowest BCUT2D eigenvalue weighted by molar-refractivity contribution is -0.141. The van der Waals surface area contributed by atoms with Crippen molar-refractivity contribution in [1.29, 1.82) is 0 Å². The number of H-pyrrole nitrogens is 1. The van der Waals surface area contributed by atoms with Crippen LogP contribution in [0, 0.1) is 0 Å². The van der Waals surface area contributed by atoms with Gasteiger partial charge in [-0.05, 0) is 18.2 Å². The summed E-state index contributed by atoms with van der Waals surface area (Å²) in [5.74, 6) is -0.302. The minimum atomic E-state index is -0.494. The number of methoxy groups -OCH3 is 1. The van der Waals surface area contributed by atoms with Crippen LogP contribution in [0.3, 0.4) is 0 Å². The second-order valence-electron chi connectivity index (χ2n) is 5.85. The van der Waals surface area contributed by atoms with Gasteiger partial charge in [0, 0.05) is 23.0 Å². The van der Waals surface area contributed by atoms with Crippen LogP contribution < -0.4 is 10.6 Å². The number of ether oxygens (including phenoxy) is 1. The van der Waals surface area contributed by atoms with Crippen molar-refractivity contribution in [2.45, 2.75) is 25.7 Å². The van der Waals surface area contributed by atoms with Gasteiger partial charge in [0.05, 0.1) is 19.2 Å². The predicted molar refractivity (Wildman–Crippen MR) is 89.5 cm³/mol. The number of hydrogen-bond acceptors (Lipinski definition) is 3. The third kappa shape index (κ3) is 4.35. The molecule has 3 N–H and O–H groups in total. The highest BCUT2D eigenvalue weighted by atomic mass is 16.5. The zero-order chi connectivity index (χ0) is 16.9. The molecule has 0 bridgehead atoms. The minimum Gasteiger partial charge on any atom is -0.469 e. The van der Waals surface area contributed by atoms with Crippen molar-refractivity contribution in [1.82, 2.24) is 4.98 Å². The molecule has 0 saturated carbocycles. The maximum absolute atomic E-state index is 12.1. The third-order valence-electron chi connectivity index (χ3n) is 3.52. The van der Waals surface area contributed by atoms with Crippen LogP contribution in [0.2, 0.25) is 0 Å². The fourth-order valence-electron chi connectivity index (χ4n) is 2.36. The van der Waals surface area contributed by atoms with Crippen LogP contribution in [-0.2, 0) is 14.9 Å². The van der Waals surface area contributed by atoms with Gasteiger partial charge in [-0.2, -0.15) is 0 Å². The van der Waals surface area contributed by atoms with E-state index in [1.165, 1.54) is 7.11 Å². The monoisotopic (exact) mass is 315 g/mol. The van der Waals surface area contributed by atoms with Crippen LogP contribution in [0.25, 0.3) is 0 Å². The third-order valence-corrected chi connectivity index (χ3v) is 3.52. The summed E-state index contributed by atoms with van der Waals surface area (Å²) >= 11 is 0. The molecule has 122 valence electrons. The SMILES string of the molecule is COC(=O)CC(C)(C)c1[nH]ccc1NC(=O)Nc1ccccc1. The lowest BCUT2D eigenvalue weighted by Crippen LogP contribution is -2.26. The Morgan fingerprint density at radius 2 is 1.83 bits per heavy atom. The molecule has 0 saturated heterocycles. The highest BCUT2D eigenvalue weighted by Gasteiger charge is 2.29. The molecule has 0 aliphatic heterocycles. The van der Waals surface area contributed by atoms with Crippen LogP contribution in [-0.4, -0.2) is 24.1 Å². The van der Waals surface area contributed by atoms with Crippen molar-refractivity contribution in [3.63, 3.8) is 0 Å². The van der Waals surface area contributed by atoms with Crippen LogP contribution >= 0.6 is 0 Å². The molecule has 0 aliphatic rings. The average Bonchev–Trinajstić information content (AvgIpc) is 2.96. The molecule has 2 amide bonds. The topological polar surface area (TPSA) is 83.2 Å². The van der Waals surface area contributed by atoms with E-state index < -0.39 is 5.41 Å². The molecule has 0 fully saturated rings. The Balaban J connectivity index is 2.08. The van der Waals surface area contributed by atoms with Crippen molar-refractivity contribution in [3.8, 4) is 0 Å². The summed E-state index contributed by atoms with van der Waals surface area (Å²) in [7, 11) is 1.36. The summed E-state index contributed by atoms with van der Waals surface area (Å²) in [6.45, 7) is 3.83. The largest absolute Gasteiger partial charge is 0.469 e. The van der Waals surface area contributed by atoms with Gasteiger partial charge in [-0.1, -0.05) is 32.0 Å². The Morgan fingerprint density at radius 3 is 2.48 bits per heavy atom. The number of benzene rings is 1. The van der Waals surface area contributed by atoms with Gasteiger partial charge in [0.1, 0.15) is 0 Å². The summed E-state index contributed by atoms with van der Waals surface area (Å²) in [5.41, 5.74) is 1.61. The number of anilines is 2. The molecule has 2 rings (SSSR count). The van der Waals surface area contributed by atoms with Crippen molar-refractivity contribution in [3.05, 3.63) is 48.3 Å². The number of esters is 1. The lowest BCUT2D eigenvalue weighted by Gasteiger charge is -2.24. The smallest absolute Gasteiger partial charge is 0.323 e. The summed E-state index contributed by atoms with van der Waals surface area (Å²) in [5, 5.41) is 5.56. The first-order chi connectivity index (χ1) is 10.9. The van der Waals surface area contributed by atoms with E-state index in [2.05, 4.69) is 15.6 Å². The molecule has 23 heavy (non-hydrogen) atoms. The number of hydrogen-bond donors (Lipinski definition) is 3. The summed E-state index contributed by atoms with van der Waals surface area (Å²) in [6, 6.07) is 10.6. The molecule has 2 aromatic rings. The Morgan fingerprint density at radius 1 is 1.13 bits per heavy atom. The van der Waals surface area contributed by atoms with Crippen LogP contribution in [0.4, 0.5) is 16.2 Å². The summed E-state index contributed by atoms with van der Waals surface area (Å²) < 4.78 is 4.73. The first kappa shape index (κ1) is 16.6. The Bertz CT molecular complexity index is 677. The van der Waals surface area contributed by atoms with Gasteiger partial charge in [0.15, 0.2) is 0 Å². The van der Waals surface area contributed by atoms with E-state index in [0.29, 0.717) is 11.4 Å². The first-order valence-electron chi connectivity index (χ1n) is 7.30. The molecule has 6 nitrogen and oxygen atoms in total. The molecule has 0 unspecified atom stereocenters. The highest BCUT2D eigenvalue weighted by molar-refractivity contribution is 6.00. The van der Waals surface area contributed by atoms with E-state index in [-0.39, 0.29) is 18.4 Å². The van der Waals surface area contributed by atoms with E-state index >= 15 is 0 Å². The molecule has 1 aromatic heterocycles. The zero-order valence-corrected chi connectivity index (χ0v) is 13.5. The number of urea groups is 1. The standard InChI is InChI=1S/C17H21N3O3/c1-17(2,11-14(21)23-3)15-13(9-10-18-15)20-16(22)19-12-7-5-4-6-8-12/h4-10,18H,11H2,1-3H3,(H2,19,20,22). The van der Waals surface area contributed by atoms with Gasteiger partial charge in [-0.25, -0.2) is 4.79 Å². The number of amides is 2. The van der Waals surface area contributed by atoms with Crippen LogP contribution in [0.1, 0.15) is 26.0 Å². The Hall–Kier alpha value is -2.76. The predicted octanol–water partition coefficient (Wildman–Crippen LogP) is 3.50. The molecule has 1 heterocycles. The quantitative estimate of drug-likeness (QED) is 0.738. The van der Waals surface area contributed by atoms with Gasteiger partial charge in [-0.3, -0.25) is 4.79 Å². The second kappa shape index (κ2) is 7.00. The molecular formula is C17H21N3O3. The molecule has 0 atom stereocenters. The maximum atomic E-state index is 12.1. The number of aromatic amines is 1. The summed E-state index contributed by atoms with van der Waals surface area (Å²) in [6.07, 6.45) is 1.94. The van der Waals surface area contributed by atoms with Gasteiger partial charge in [0.25, 0.3) is 0 Å². The van der Waals surface area contributed by atoms with E-state index in [0.717, 1.165) is 5.69 Å². The second-order valence-corrected chi connectivity index (χ2v) is 5.85. The van der Waals surface area contributed by atoms with Crippen LogP contribution in [0.15, 0.2) is 42.6 Å². The van der Waals surface area contributed by atoms with Gasteiger partial charge < -0.3 is 20.4 Å².